The molecule has 0 N–H and O–H groups in total. The Morgan fingerprint density at radius 3 is 2.20 bits per heavy atom. The summed E-state index contributed by atoms with van der Waals surface area (Å²) in [6.07, 6.45) is 0.0518. The van der Waals surface area contributed by atoms with E-state index < -0.39 is 16.1 Å². The molecular weight excluding hydrogens is 587 g/mol. The molecule has 5 rings (SSSR count). The maximum absolute atomic E-state index is 14.2. The number of carbonyl (C=O) groups is 1. The van der Waals surface area contributed by atoms with E-state index >= 15 is 0 Å². The molecule has 0 spiro atoms. The van der Waals surface area contributed by atoms with Crippen LogP contribution in [0.2, 0.25) is 10.0 Å². The van der Waals surface area contributed by atoms with Crippen molar-refractivity contribution in [2.45, 2.75) is 43.4 Å². The van der Waals surface area contributed by atoms with Crippen LogP contribution in [0.15, 0.2) is 59.5 Å². The van der Waals surface area contributed by atoms with Gasteiger partial charge in [0, 0.05) is 30.2 Å². The standard InChI is InChI=1S/C30H32Cl2N2O6S/c1-18-16-33(17-19(2)40-18)41(36,37)28-14-22(7-10-25(28)32)30(35)34-12-11-21-13-26(38-3)27(39-4)15-24(21)29(34)20-5-8-23(31)9-6-20/h5-10,13-15,18-19,29H,11-12,16-17H2,1-4H3. The van der Waals surface area contributed by atoms with Gasteiger partial charge in [-0.1, -0.05) is 35.3 Å². The number of rotatable bonds is 6. The highest BCUT2D eigenvalue weighted by molar-refractivity contribution is 7.89. The van der Waals surface area contributed by atoms with Crippen molar-refractivity contribution in [3.8, 4) is 11.5 Å². The summed E-state index contributed by atoms with van der Waals surface area (Å²) in [5.74, 6) is 0.843. The van der Waals surface area contributed by atoms with E-state index in [2.05, 4.69) is 0 Å². The number of nitrogens with zero attached hydrogens (tertiary/aromatic N) is 2. The zero-order valence-corrected chi connectivity index (χ0v) is 25.6. The fourth-order valence-corrected chi connectivity index (χ4v) is 7.85. The second-order valence-electron chi connectivity index (χ2n) is 10.3. The average Bonchev–Trinajstić information content (AvgIpc) is 2.95. The summed E-state index contributed by atoms with van der Waals surface area (Å²) in [6, 6.07) is 15.1. The Morgan fingerprint density at radius 2 is 1.56 bits per heavy atom. The lowest BCUT2D eigenvalue weighted by Crippen LogP contribution is -2.48. The number of ether oxygens (including phenoxy) is 3. The van der Waals surface area contributed by atoms with Gasteiger partial charge in [0.1, 0.15) is 4.90 Å². The van der Waals surface area contributed by atoms with Crippen LogP contribution in [0.5, 0.6) is 11.5 Å². The molecule has 0 bridgehead atoms. The number of carbonyl (C=O) groups excluding carboxylic acids is 1. The van der Waals surface area contributed by atoms with Gasteiger partial charge < -0.3 is 19.1 Å². The van der Waals surface area contributed by atoms with Gasteiger partial charge in [-0.2, -0.15) is 4.31 Å². The molecule has 218 valence electrons. The first kappa shape index (κ1) is 29.7. The van der Waals surface area contributed by atoms with Crippen molar-refractivity contribution in [1.29, 1.82) is 0 Å². The van der Waals surface area contributed by atoms with Crippen LogP contribution in [0.4, 0.5) is 0 Å². The average molecular weight is 620 g/mol. The molecule has 0 saturated carbocycles. The second-order valence-corrected chi connectivity index (χ2v) is 13.1. The highest BCUT2D eigenvalue weighted by Crippen LogP contribution is 2.42. The number of morpholine rings is 1. The number of benzene rings is 3. The molecule has 3 atom stereocenters. The van der Waals surface area contributed by atoms with Gasteiger partial charge in [0.15, 0.2) is 11.5 Å². The molecule has 3 aromatic rings. The number of amides is 1. The summed E-state index contributed by atoms with van der Waals surface area (Å²) in [6.45, 7) is 4.46. The summed E-state index contributed by atoms with van der Waals surface area (Å²) >= 11 is 12.6. The number of halogens is 2. The van der Waals surface area contributed by atoms with Crippen molar-refractivity contribution < 1.29 is 27.4 Å². The van der Waals surface area contributed by atoms with E-state index in [1.165, 1.54) is 16.4 Å². The first-order chi connectivity index (χ1) is 19.5. The topological polar surface area (TPSA) is 85.4 Å². The summed E-state index contributed by atoms with van der Waals surface area (Å²) < 4.78 is 45.6. The van der Waals surface area contributed by atoms with Crippen molar-refractivity contribution >= 4 is 39.1 Å². The Labute approximate surface area is 250 Å². The maximum atomic E-state index is 14.2. The Balaban J connectivity index is 1.56. The quantitative estimate of drug-likeness (QED) is 0.358. The number of sulfonamides is 1. The molecule has 2 heterocycles. The molecule has 3 unspecified atom stereocenters. The van der Waals surface area contributed by atoms with E-state index in [-0.39, 0.29) is 46.7 Å². The van der Waals surface area contributed by atoms with Crippen LogP contribution in [0, 0.1) is 0 Å². The van der Waals surface area contributed by atoms with Gasteiger partial charge in [0.05, 0.1) is 37.5 Å². The van der Waals surface area contributed by atoms with E-state index in [4.69, 9.17) is 37.4 Å². The SMILES string of the molecule is COc1cc2c(cc1OC)C(c1ccc(Cl)cc1)N(C(=O)c1ccc(Cl)c(S(=O)(=O)N3CC(C)OC(C)C3)c1)CC2. The molecule has 8 nitrogen and oxygen atoms in total. The first-order valence-corrected chi connectivity index (χ1v) is 15.5. The molecule has 1 fully saturated rings. The first-order valence-electron chi connectivity index (χ1n) is 13.3. The second kappa shape index (κ2) is 11.8. The molecule has 0 radical (unpaired) electrons. The number of fused-ring (bicyclic) bond motifs is 1. The fraction of sp³-hybridized carbons (Fsp3) is 0.367. The lowest BCUT2D eigenvalue weighted by atomic mass is 9.87. The summed E-state index contributed by atoms with van der Waals surface area (Å²) in [7, 11) is -0.820. The molecule has 0 aliphatic carbocycles. The number of hydrogen-bond acceptors (Lipinski definition) is 6. The molecule has 3 aromatic carbocycles. The van der Waals surface area contributed by atoms with Crippen LogP contribution in [0.25, 0.3) is 0 Å². The largest absolute Gasteiger partial charge is 0.493 e. The van der Waals surface area contributed by atoms with E-state index in [0.29, 0.717) is 29.5 Å². The van der Waals surface area contributed by atoms with Crippen molar-refractivity contribution in [1.82, 2.24) is 9.21 Å². The minimum absolute atomic E-state index is 0.0587. The minimum Gasteiger partial charge on any atom is -0.493 e. The lowest BCUT2D eigenvalue weighted by molar-refractivity contribution is -0.0440. The summed E-state index contributed by atoms with van der Waals surface area (Å²) in [5, 5.41) is 0.637. The van der Waals surface area contributed by atoms with Crippen LogP contribution in [-0.4, -0.2) is 69.6 Å². The normalized spacial score (nSPS) is 21.3. The highest BCUT2D eigenvalue weighted by atomic mass is 35.5. The molecule has 0 aromatic heterocycles. The van der Waals surface area contributed by atoms with Crippen LogP contribution >= 0.6 is 23.2 Å². The molecule has 41 heavy (non-hydrogen) atoms. The molecule has 2 aliphatic rings. The van der Waals surface area contributed by atoms with E-state index in [1.807, 2.05) is 38.1 Å². The molecule has 1 saturated heterocycles. The Morgan fingerprint density at radius 1 is 0.927 bits per heavy atom. The fourth-order valence-electron chi connectivity index (χ4n) is 5.64. The zero-order chi connectivity index (χ0) is 29.5. The predicted octanol–water partition coefficient (Wildman–Crippen LogP) is 5.60. The van der Waals surface area contributed by atoms with Crippen molar-refractivity contribution in [3.63, 3.8) is 0 Å². The van der Waals surface area contributed by atoms with Gasteiger partial charge in [-0.15, -0.1) is 0 Å². The van der Waals surface area contributed by atoms with Crippen LogP contribution in [0.1, 0.15) is 46.9 Å². The molecule has 2 aliphatic heterocycles. The molecule has 1 amide bonds. The highest BCUT2D eigenvalue weighted by Gasteiger charge is 2.37. The van der Waals surface area contributed by atoms with Crippen LogP contribution in [-0.2, 0) is 21.2 Å². The molecule has 11 heteroatoms. The van der Waals surface area contributed by atoms with Gasteiger partial charge in [-0.05, 0) is 79.4 Å². The summed E-state index contributed by atoms with van der Waals surface area (Å²) in [5.41, 5.74) is 3.00. The van der Waals surface area contributed by atoms with Gasteiger partial charge in [0.2, 0.25) is 10.0 Å². The van der Waals surface area contributed by atoms with Crippen molar-refractivity contribution in [2.24, 2.45) is 0 Å². The molecular formula is C30H32Cl2N2O6S. The number of hydrogen-bond donors (Lipinski definition) is 0. The van der Waals surface area contributed by atoms with Gasteiger partial charge in [0.25, 0.3) is 5.91 Å². The third-order valence-corrected chi connectivity index (χ3v) is 10.1. The van der Waals surface area contributed by atoms with E-state index in [0.717, 1.165) is 16.7 Å². The Hall–Kier alpha value is -2.82. The van der Waals surface area contributed by atoms with E-state index in [9.17, 15) is 13.2 Å². The minimum atomic E-state index is -3.98. The van der Waals surface area contributed by atoms with Crippen LogP contribution in [0.3, 0.4) is 0 Å². The number of methoxy groups -OCH3 is 2. The Kier molecular flexibility index (Phi) is 8.55. The maximum Gasteiger partial charge on any atom is 0.254 e. The monoisotopic (exact) mass is 618 g/mol. The zero-order valence-electron chi connectivity index (χ0n) is 23.3. The summed E-state index contributed by atoms with van der Waals surface area (Å²) in [4.78, 5) is 15.8. The van der Waals surface area contributed by atoms with Crippen molar-refractivity contribution in [3.05, 3.63) is 86.9 Å². The third kappa shape index (κ3) is 5.79. The van der Waals surface area contributed by atoms with Gasteiger partial charge >= 0.3 is 0 Å². The smallest absolute Gasteiger partial charge is 0.254 e. The third-order valence-electron chi connectivity index (χ3n) is 7.50. The Bertz CT molecular complexity index is 1550. The van der Waals surface area contributed by atoms with E-state index in [1.54, 1.807) is 37.3 Å². The lowest BCUT2D eigenvalue weighted by Gasteiger charge is -2.38. The van der Waals surface area contributed by atoms with Gasteiger partial charge in [-0.25, -0.2) is 8.42 Å². The van der Waals surface area contributed by atoms with Crippen molar-refractivity contribution in [2.75, 3.05) is 33.9 Å². The predicted molar refractivity (Wildman–Crippen MR) is 158 cm³/mol. The van der Waals surface area contributed by atoms with Gasteiger partial charge in [-0.3, -0.25) is 4.79 Å². The van der Waals surface area contributed by atoms with Crippen LogP contribution < -0.4 is 9.47 Å².